The van der Waals surface area contributed by atoms with E-state index in [9.17, 15) is 4.21 Å². The number of anilines is 2. The minimum Gasteiger partial charge on any atom is -0.461 e. The summed E-state index contributed by atoms with van der Waals surface area (Å²) in [6, 6.07) is 0.299. The summed E-state index contributed by atoms with van der Waals surface area (Å²) in [5, 5.41) is 6.14. The molecule has 0 spiro atoms. The van der Waals surface area contributed by atoms with Gasteiger partial charge in [0.05, 0.1) is 6.10 Å². The molecular formula is C12H23N5O2S. The van der Waals surface area contributed by atoms with Gasteiger partial charge in [-0.15, -0.1) is 0 Å². The molecule has 8 heteroatoms. The van der Waals surface area contributed by atoms with Gasteiger partial charge in [-0.05, 0) is 27.2 Å². The molecule has 7 nitrogen and oxygen atoms in total. The zero-order chi connectivity index (χ0) is 15.0. The van der Waals surface area contributed by atoms with Crippen molar-refractivity contribution in [2.75, 3.05) is 35.7 Å². The summed E-state index contributed by atoms with van der Waals surface area (Å²) in [4.78, 5) is 12.6. The second kappa shape index (κ2) is 8.68. The van der Waals surface area contributed by atoms with E-state index in [2.05, 4.69) is 25.6 Å². The molecule has 0 aliphatic rings. The quantitative estimate of drug-likeness (QED) is 0.664. The van der Waals surface area contributed by atoms with Crippen LogP contribution in [-0.2, 0) is 10.8 Å². The van der Waals surface area contributed by atoms with Gasteiger partial charge in [-0.25, -0.2) is 0 Å². The molecular weight excluding hydrogens is 278 g/mol. The predicted octanol–water partition coefficient (Wildman–Crippen LogP) is 1.27. The molecule has 0 aliphatic carbocycles. The van der Waals surface area contributed by atoms with Crippen molar-refractivity contribution in [3.63, 3.8) is 0 Å². The molecule has 0 amide bonds. The summed E-state index contributed by atoms with van der Waals surface area (Å²) in [5.41, 5.74) is 0. The predicted molar refractivity (Wildman–Crippen MR) is 81.8 cm³/mol. The molecule has 1 aromatic heterocycles. The molecule has 0 radical (unpaired) electrons. The smallest absolute Gasteiger partial charge is 0.323 e. The fraction of sp³-hybridized carbons (Fsp3) is 0.750. The lowest BCUT2D eigenvalue weighted by molar-refractivity contribution is 0.222. The highest BCUT2D eigenvalue weighted by molar-refractivity contribution is 7.84. The molecule has 1 heterocycles. The van der Waals surface area contributed by atoms with Gasteiger partial charge in [-0.1, -0.05) is 0 Å². The lowest BCUT2D eigenvalue weighted by Gasteiger charge is -2.11. The van der Waals surface area contributed by atoms with Crippen molar-refractivity contribution in [3.05, 3.63) is 0 Å². The third kappa shape index (κ3) is 6.65. The number of hydrogen-bond acceptors (Lipinski definition) is 7. The van der Waals surface area contributed by atoms with Gasteiger partial charge >= 0.3 is 6.01 Å². The van der Waals surface area contributed by atoms with E-state index in [1.807, 2.05) is 20.8 Å². The van der Waals surface area contributed by atoms with E-state index in [0.29, 0.717) is 30.2 Å². The molecule has 0 saturated carbocycles. The van der Waals surface area contributed by atoms with Crippen molar-refractivity contribution in [1.82, 2.24) is 15.0 Å². The largest absolute Gasteiger partial charge is 0.461 e. The summed E-state index contributed by atoms with van der Waals surface area (Å²) in [5.74, 6) is 1.61. The summed E-state index contributed by atoms with van der Waals surface area (Å²) < 4.78 is 16.5. The average molecular weight is 301 g/mol. The highest BCUT2D eigenvalue weighted by Gasteiger charge is 2.08. The SMILES string of the molecule is CCNc1nc(NCCCS(C)=O)nc(OC(C)C)n1. The van der Waals surface area contributed by atoms with E-state index >= 15 is 0 Å². The van der Waals surface area contributed by atoms with E-state index in [-0.39, 0.29) is 6.10 Å². The molecule has 114 valence electrons. The van der Waals surface area contributed by atoms with Gasteiger partial charge < -0.3 is 15.4 Å². The summed E-state index contributed by atoms with van der Waals surface area (Å²) in [7, 11) is -0.773. The van der Waals surface area contributed by atoms with E-state index in [1.165, 1.54) is 0 Å². The van der Waals surface area contributed by atoms with E-state index in [0.717, 1.165) is 13.0 Å². The molecule has 1 aromatic rings. The Kier molecular flexibility index (Phi) is 7.21. The maximum Gasteiger partial charge on any atom is 0.323 e. The number of rotatable bonds is 9. The van der Waals surface area contributed by atoms with Crippen molar-refractivity contribution >= 4 is 22.7 Å². The van der Waals surface area contributed by atoms with Crippen molar-refractivity contribution in [1.29, 1.82) is 0 Å². The van der Waals surface area contributed by atoms with E-state index in [4.69, 9.17) is 4.74 Å². The van der Waals surface area contributed by atoms with Crippen LogP contribution in [0.15, 0.2) is 0 Å². The number of nitrogens with zero attached hydrogens (tertiary/aromatic N) is 3. The van der Waals surface area contributed by atoms with Crippen molar-refractivity contribution in [3.8, 4) is 6.01 Å². The molecule has 1 unspecified atom stereocenters. The van der Waals surface area contributed by atoms with Gasteiger partial charge in [0.15, 0.2) is 0 Å². The Morgan fingerprint density at radius 2 is 1.85 bits per heavy atom. The summed E-state index contributed by atoms with van der Waals surface area (Å²) in [6.45, 7) is 7.19. The Morgan fingerprint density at radius 1 is 1.20 bits per heavy atom. The first kappa shape index (κ1) is 16.6. The zero-order valence-corrected chi connectivity index (χ0v) is 13.3. The second-order valence-electron chi connectivity index (χ2n) is 4.52. The maximum atomic E-state index is 11.0. The van der Waals surface area contributed by atoms with Gasteiger partial charge in [-0.3, -0.25) is 4.21 Å². The Bertz CT molecular complexity index is 442. The van der Waals surface area contributed by atoms with Crippen LogP contribution in [0.4, 0.5) is 11.9 Å². The molecule has 0 bridgehead atoms. The van der Waals surface area contributed by atoms with Gasteiger partial charge in [0.1, 0.15) is 0 Å². The first-order valence-electron chi connectivity index (χ1n) is 6.71. The third-order valence-corrected chi connectivity index (χ3v) is 3.05. The standard InChI is InChI=1S/C12H23N5O2S/c1-5-13-10-15-11(14-7-6-8-20(4)18)17-12(16-10)19-9(2)3/h9H,5-8H2,1-4H3,(H2,13,14,15,16,17). The van der Waals surface area contributed by atoms with Crippen LogP contribution >= 0.6 is 0 Å². The Labute approximate surface area is 122 Å². The summed E-state index contributed by atoms with van der Waals surface area (Å²) in [6.07, 6.45) is 2.49. The maximum absolute atomic E-state index is 11.0. The number of hydrogen-bond donors (Lipinski definition) is 2. The minimum atomic E-state index is -0.773. The van der Waals surface area contributed by atoms with Crippen molar-refractivity contribution in [2.24, 2.45) is 0 Å². The monoisotopic (exact) mass is 301 g/mol. The Morgan fingerprint density at radius 3 is 2.40 bits per heavy atom. The van der Waals surface area contributed by atoms with Gasteiger partial charge in [0.2, 0.25) is 11.9 Å². The highest BCUT2D eigenvalue weighted by atomic mass is 32.2. The molecule has 1 rings (SSSR count). The number of aromatic nitrogens is 3. The third-order valence-electron chi connectivity index (χ3n) is 2.18. The lowest BCUT2D eigenvalue weighted by Crippen LogP contribution is -2.15. The molecule has 20 heavy (non-hydrogen) atoms. The van der Waals surface area contributed by atoms with Crippen molar-refractivity contribution in [2.45, 2.75) is 33.3 Å². The number of nitrogens with one attached hydrogen (secondary N) is 2. The Hall–Kier alpha value is -1.44. The van der Waals surface area contributed by atoms with Crippen LogP contribution in [0.3, 0.4) is 0 Å². The van der Waals surface area contributed by atoms with Crippen LogP contribution in [0.5, 0.6) is 6.01 Å². The fourth-order valence-electron chi connectivity index (χ4n) is 1.41. The molecule has 0 aliphatic heterocycles. The van der Waals surface area contributed by atoms with Crippen LogP contribution in [-0.4, -0.2) is 50.4 Å². The molecule has 1 atom stereocenters. The van der Waals surface area contributed by atoms with Crippen LogP contribution in [0.25, 0.3) is 0 Å². The molecule has 0 fully saturated rings. The lowest BCUT2D eigenvalue weighted by atomic mass is 10.5. The Balaban J connectivity index is 2.67. The van der Waals surface area contributed by atoms with Crippen LogP contribution < -0.4 is 15.4 Å². The van der Waals surface area contributed by atoms with Crippen LogP contribution in [0, 0.1) is 0 Å². The first-order chi connectivity index (χ1) is 9.51. The van der Waals surface area contributed by atoms with E-state index < -0.39 is 10.8 Å². The van der Waals surface area contributed by atoms with Crippen LogP contribution in [0.1, 0.15) is 27.2 Å². The fourth-order valence-corrected chi connectivity index (χ4v) is 1.96. The van der Waals surface area contributed by atoms with Gasteiger partial charge in [-0.2, -0.15) is 15.0 Å². The van der Waals surface area contributed by atoms with E-state index in [1.54, 1.807) is 6.26 Å². The topological polar surface area (TPSA) is 89.0 Å². The molecule has 0 aromatic carbocycles. The number of ether oxygens (including phenoxy) is 1. The molecule has 2 N–H and O–H groups in total. The summed E-state index contributed by atoms with van der Waals surface area (Å²) >= 11 is 0. The van der Waals surface area contributed by atoms with Gasteiger partial charge in [0.25, 0.3) is 0 Å². The highest BCUT2D eigenvalue weighted by Crippen LogP contribution is 2.12. The normalized spacial score (nSPS) is 12.2. The zero-order valence-electron chi connectivity index (χ0n) is 12.5. The minimum absolute atomic E-state index is 0.00207. The van der Waals surface area contributed by atoms with Crippen molar-refractivity contribution < 1.29 is 8.95 Å². The van der Waals surface area contributed by atoms with Crippen LogP contribution in [0.2, 0.25) is 0 Å². The second-order valence-corrected chi connectivity index (χ2v) is 6.07. The van der Waals surface area contributed by atoms with Gasteiger partial charge in [0, 0.05) is 35.9 Å². The molecule has 0 saturated heterocycles. The average Bonchev–Trinajstić information content (AvgIpc) is 2.34. The first-order valence-corrected chi connectivity index (χ1v) is 8.44.